The molecular weight excluding hydrogens is 227 g/mol. The van der Waals surface area contributed by atoms with Crippen LogP contribution in [0.3, 0.4) is 0 Å². The van der Waals surface area contributed by atoms with Crippen LogP contribution in [0, 0.1) is 5.82 Å². The standard InChI is InChI=1S/C12H18ClFN2/c1-12(2,8-15-3)16(4)11-7-9(13)5-6-10(11)14/h5-7,15H,8H2,1-4H3. The Morgan fingerprint density at radius 1 is 1.44 bits per heavy atom. The van der Waals surface area contributed by atoms with Crippen LogP contribution in [0.5, 0.6) is 0 Å². The maximum absolute atomic E-state index is 13.7. The van der Waals surface area contributed by atoms with Gasteiger partial charge in [-0.2, -0.15) is 0 Å². The van der Waals surface area contributed by atoms with Gasteiger partial charge in [0.1, 0.15) is 5.82 Å². The van der Waals surface area contributed by atoms with Crippen molar-refractivity contribution in [2.24, 2.45) is 0 Å². The van der Waals surface area contributed by atoms with Crippen molar-refractivity contribution >= 4 is 17.3 Å². The van der Waals surface area contributed by atoms with E-state index in [0.717, 1.165) is 6.54 Å². The highest BCUT2D eigenvalue weighted by Gasteiger charge is 2.24. The molecule has 1 rings (SSSR count). The van der Waals surface area contributed by atoms with Crippen LogP contribution in [0.2, 0.25) is 5.02 Å². The monoisotopic (exact) mass is 244 g/mol. The highest BCUT2D eigenvalue weighted by atomic mass is 35.5. The lowest BCUT2D eigenvalue weighted by Gasteiger charge is -2.37. The quantitative estimate of drug-likeness (QED) is 0.876. The van der Waals surface area contributed by atoms with Gasteiger partial charge in [-0.1, -0.05) is 11.6 Å². The van der Waals surface area contributed by atoms with Gasteiger partial charge in [-0.15, -0.1) is 0 Å². The van der Waals surface area contributed by atoms with E-state index in [9.17, 15) is 4.39 Å². The lowest BCUT2D eigenvalue weighted by atomic mass is 10.0. The molecule has 0 saturated heterocycles. The summed E-state index contributed by atoms with van der Waals surface area (Å²) in [6.45, 7) is 4.85. The summed E-state index contributed by atoms with van der Waals surface area (Å²) in [7, 11) is 3.75. The molecule has 4 heteroatoms. The van der Waals surface area contributed by atoms with Crippen LogP contribution in [0.1, 0.15) is 13.8 Å². The molecule has 0 bridgehead atoms. The van der Waals surface area contributed by atoms with Gasteiger partial charge in [0.15, 0.2) is 0 Å². The number of hydrogen-bond acceptors (Lipinski definition) is 2. The number of nitrogens with one attached hydrogen (secondary N) is 1. The molecule has 0 aromatic heterocycles. The SMILES string of the molecule is CNCC(C)(C)N(C)c1cc(Cl)ccc1F. The van der Waals surface area contributed by atoms with Crippen molar-refractivity contribution < 1.29 is 4.39 Å². The highest BCUT2D eigenvalue weighted by Crippen LogP contribution is 2.27. The first kappa shape index (κ1) is 13.3. The van der Waals surface area contributed by atoms with Crippen LogP contribution in [0.25, 0.3) is 0 Å². The summed E-state index contributed by atoms with van der Waals surface area (Å²) in [6, 6.07) is 4.59. The van der Waals surface area contributed by atoms with Gasteiger partial charge >= 0.3 is 0 Å². The van der Waals surface area contributed by atoms with Gasteiger partial charge in [0.05, 0.1) is 5.69 Å². The minimum absolute atomic E-state index is 0.180. The third kappa shape index (κ3) is 2.86. The second kappa shape index (κ2) is 5.02. The molecule has 1 aromatic rings. The van der Waals surface area contributed by atoms with Gasteiger partial charge in [0.2, 0.25) is 0 Å². The summed E-state index contributed by atoms with van der Waals surface area (Å²) < 4.78 is 13.7. The molecule has 16 heavy (non-hydrogen) atoms. The Hall–Kier alpha value is -0.800. The summed E-state index contributed by atoms with van der Waals surface area (Å²) in [6.07, 6.45) is 0. The molecule has 0 aliphatic carbocycles. The van der Waals surface area contributed by atoms with Gasteiger partial charge in [0.25, 0.3) is 0 Å². The van der Waals surface area contributed by atoms with Gasteiger partial charge < -0.3 is 10.2 Å². The van der Waals surface area contributed by atoms with E-state index >= 15 is 0 Å². The molecule has 2 nitrogen and oxygen atoms in total. The highest BCUT2D eigenvalue weighted by molar-refractivity contribution is 6.30. The molecule has 0 aliphatic heterocycles. The molecule has 0 spiro atoms. The van der Waals surface area contributed by atoms with Crippen molar-refractivity contribution in [3.8, 4) is 0 Å². The minimum atomic E-state index is -0.254. The number of halogens is 2. The number of benzene rings is 1. The molecule has 0 atom stereocenters. The number of rotatable bonds is 4. The Labute approximate surface area is 101 Å². The molecule has 0 amide bonds. The fourth-order valence-corrected chi connectivity index (χ4v) is 1.79. The summed E-state index contributed by atoms with van der Waals surface area (Å²) in [4.78, 5) is 1.89. The Morgan fingerprint density at radius 2 is 2.06 bits per heavy atom. The average molecular weight is 245 g/mol. The smallest absolute Gasteiger partial charge is 0.146 e. The van der Waals surface area contributed by atoms with Crippen molar-refractivity contribution in [2.45, 2.75) is 19.4 Å². The Balaban J connectivity index is 3.03. The van der Waals surface area contributed by atoms with Crippen molar-refractivity contribution in [2.75, 3.05) is 25.5 Å². The van der Waals surface area contributed by atoms with Crippen molar-refractivity contribution in [1.82, 2.24) is 5.32 Å². The topological polar surface area (TPSA) is 15.3 Å². The number of hydrogen-bond donors (Lipinski definition) is 1. The molecule has 0 aliphatic rings. The first-order chi connectivity index (χ1) is 7.38. The molecule has 0 fully saturated rings. The molecule has 0 radical (unpaired) electrons. The van der Waals surface area contributed by atoms with Crippen LogP contribution in [-0.4, -0.2) is 26.2 Å². The molecule has 1 N–H and O–H groups in total. The van der Waals surface area contributed by atoms with E-state index in [1.165, 1.54) is 6.07 Å². The summed E-state index contributed by atoms with van der Waals surface area (Å²) >= 11 is 5.88. The van der Waals surface area contributed by atoms with E-state index in [4.69, 9.17) is 11.6 Å². The fourth-order valence-electron chi connectivity index (χ4n) is 1.62. The molecule has 1 aromatic carbocycles. The van der Waals surface area contributed by atoms with Crippen LogP contribution in [-0.2, 0) is 0 Å². The number of anilines is 1. The zero-order chi connectivity index (χ0) is 12.3. The second-order valence-corrected chi connectivity index (χ2v) is 4.93. The maximum atomic E-state index is 13.7. The van der Waals surface area contributed by atoms with Crippen LogP contribution >= 0.6 is 11.6 Å². The third-order valence-corrected chi connectivity index (χ3v) is 3.02. The van der Waals surface area contributed by atoms with Crippen molar-refractivity contribution in [1.29, 1.82) is 0 Å². The van der Waals surface area contributed by atoms with Gasteiger partial charge in [-0.3, -0.25) is 0 Å². The minimum Gasteiger partial charge on any atom is -0.366 e. The predicted octanol–water partition coefficient (Wildman–Crippen LogP) is 2.91. The Bertz CT molecular complexity index is 366. The van der Waals surface area contributed by atoms with Crippen LogP contribution < -0.4 is 10.2 Å². The first-order valence-electron chi connectivity index (χ1n) is 5.22. The summed E-state index contributed by atoms with van der Waals surface area (Å²) in [5.74, 6) is -0.254. The van der Waals surface area contributed by atoms with E-state index < -0.39 is 0 Å². The normalized spacial score (nSPS) is 11.6. The molecule has 0 saturated carbocycles. The zero-order valence-electron chi connectivity index (χ0n) is 10.1. The zero-order valence-corrected chi connectivity index (χ0v) is 10.9. The Kier molecular flexibility index (Phi) is 4.16. The molecular formula is C12H18ClFN2. The lowest BCUT2D eigenvalue weighted by Crippen LogP contribution is -2.48. The van der Waals surface area contributed by atoms with E-state index in [1.54, 1.807) is 12.1 Å². The maximum Gasteiger partial charge on any atom is 0.146 e. The van der Waals surface area contributed by atoms with E-state index in [-0.39, 0.29) is 11.4 Å². The van der Waals surface area contributed by atoms with E-state index in [1.807, 2.05) is 32.8 Å². The average Bonchev–Trinajstić information content (AvgIpc) is 2.20. The van der Waals surface area contributed by atoms with E-state index in [0.29, 0.717) is 10.7 Å². The Morgan fingerprint density at radius 3 is 2.62 bits per heavy atom. The van der Waals surface area contributed by atoms with E-state index in [2.05, 4.69) is 5.32 Å². The first-order valence-corrected chi connectivity index (χ1v) is 5.60. The third-order valence-electron chi connectivity index (χ3n) is 2.79. The van der Waals surface area contributed by atoms with Gasteiger partial charge in [0, 0.05) is 24.2 Å². The van der Waals surface area contributed by atoms with Crippen molar-refractivity contribution in [3.63, 3.8) is 0 Å². The second-order valence-electron chi connectivity index (χ2n) is 4.50. The molecule has 90 valence electrons. The largest absolute Gasteiger partial charge is 0.366 e. The van der Waals surface area contributed by atoms with Crippen molar-refractivity contribution in [3.05, 3.63) is 29.0 Å². The van der Waals surface area contributed by atoms with Crippen LogP contribution in [0.15, 0.2) is 18.2 Å². The van der Waals surface area contributed by atoms with Gasteiger partial charge in [-0.25, -0.2) is 4.39 Å². The van der Waals surface area contributed by atoms with Gasteiger partial charge in [-0.05, 0) is 39.1 Å². The number of likely N-dealkylation sites (N-methyl/N-ethyl adjacent to an activating group) is 2. The number of nitrogens with zero attached hydrogens (tertiary/aromatic N) is 1. The summed E-state index contributed by atoms with van der Waals surface area (Å²) in [5, 5.41) is 3.64. The molecule has 0 unspecified atom stereocenters. The van der Waals surface area contributed by atoms with Crippen LogP contribution in [0.4, 0.5) is 10.1 Å². The predicted molar refractivity (Wildman–Crippen MR) is 67.8 cm³/mol. The summed E-state index contributed by atoms with van der Waals surface area (Å²) in [5.41, 5.74) is 0.341. The fraction of sp³-hybridized carbons (Fsp3) is 0.500. The molecule has 0 heterocycles. The lowest BCUT2D eigenvalue weighted by molar-refractivity contribution is 0.456.